The number of rotatable bonds is 3. The third-order valence-electron chi connectivity index (χ3n) is 7.78. The normalized spacial score (nSPS) is 28.1. The molecule has 244 valence electrons. The van der Waals surface area contributed by atoms with Crippen molar-refractivity contribution in [1.29, 1.82) is 0 Å². The molecule has 2 aromatic rings. The molecule has 5 atom stereocenters. The molecular weight excluding hydrogens is 595 g/mol. The molecule has 0 aliphatic carbocycles. The fourth-order valence-electron chi connectivity index (χ4n) is 5.04. The molecule has 1 saturated heterocycles. The zero-order valence-electron chi connectivity index (χ0n) is 25.7. The van der Waals surface area contributed by atoms with Crippen molar-refractivity contribution in [2.24, 2.45) is 11.3 Å². The Labute approximate surface area is 258 Å². The van der Waals surface area contributed by atoms with Gasteiger partial charge in [-0.3, -0.25) is 33.9 Å². The number of aromatic nitrogens is 1. The van der Waals surface area contributed by atoms with Gasteiger partial charge in [0.2, 0.25) is 5.91 Å². The number of carbonyl (C=O) groups excluding carboxylic acids is 4. The smallest absolute Gasteiger partial charge is 0.451 e. The third kappa shape index (κ3) is 8.37. The summed E-state index contributed by atoms with van der Waals surface area (Å²) in [4.78, 5) is 57.8. The number of hydrogen-bond acceptors (Lipinski definition) is 8. The molecule has 5 bridgehead atoms. The Kier molecular flexibility index (Phi) is 10.2. The summed E-state index contributed by atoms with van der Waals surface area (Å²) in [7, 11) is 0. The standard InChI is InChI=1S/C31H38F3N5O6/c1-17(2)25-27(41)36-19(4)28(42)39-14-6-7-23(38-39)26(40)35-18(3)22-11-10-21-9-8-20(15-24(21)37-22)12-13-30(5,29(43)45-25)16-44-31(32,33)34/h8-13,15,17-19,23,25,38H,6-7,14,16H2,1-5H3,(H,35,40)(H,36,41)/b13-12-/t18-,19+,23+,25+,30?/m1/s1. The Hall–Kier alpha value is -4.04. The van der Waals surface area contributed by atoms with Gasteiger partial charge in [-0.2, -0.15) is 0 Å². The summed E-state index contributed by atoms with van der Waals surface area (Å²) < 4.78 is 48.9. The van der Waals surface area contributed by atoms with Gasteiger partial charge in [-0.25, -0.2) is 5.43 Å². The zero-order chi connectivity index (χ0) is 33.1. The SMILES string of the molecule is CC(C)[C@@H]1OC(=O)C(C)(COC(F)(F)F)/C=C\c2ccc3ccc(nc3c2)[C@@H](C)NC(=O)[C@@H]2CCCN(N2)C(=O)[C@H](C)NC1=O. The van der Waals surface area contributed by atoms with Crippen LogP contribution in [0.3, 0.4) is 0 Å². The minimum atomic E-state index is -5.03. The van der Waals surface area contributed by atoms with Gasteiger partial charge in [-0.1, -0.05) is 44.2 Å². The van der Waals surface area contributed by atoms with Crippen LogP contribution in [-0.4, -0.2) is 71.4 Å². The molecule has 3 N–H and O–H groups in total. The number of benzene rings is 1. The molecule has 3 heterocycles. The zero-order valence-corrected chi connectivity index (χ0v) is 25.7. The van der Waals surface area contributed by atoms with Crippen LogP contribution in [0.1, 0.15) is 64.8 Å². The highest BCUT2D eigenvalue weighted by Gasteiger charge is 2.42. The summed E-state index contributed by atoms with van der Waals surface area (Å²) in [6.45, 7) is 6.81. The van der Waals surface area contributed by atoms with E-state index in [0.29, 0.717) is 36.2 Å². The highest BCUT2D eigenvalue weighted by atomic mass is 19.4. The molecule has 45 heavy (non-hydrogen) atoms. The number of halogens is 3. The number of nitrogens with one attached hydrogen (secondary N) is 3. The van der Waals surface area contributed by atoms with Crippen LogP contribution in [0.4, 0.5) is 13.2 Å². The van der Waals surface area contributed by atoms with Crippen LogP contribution in [0.2, 0.25) is 0 Å². The fraction of sp³-hybridized carbons (Fsp3) is 0.516. The van der Waals surface area contributed by atoms with Crippen LogP contribution < -0.4 is 16.1 Å². The lowest BCUT2D eigenvalue weighted by Crippen LogP contribution is -2.61. The van der Waals surface area contributed by atoms with E-state index in [1.807, 2.05) is 6.07 Å². The highest BCUT2D eigenvalue weighted by Crippen LogP contribution is 2.29. The van der Waals surface area contributed by atoms with E-state index in [4.69, 9.17) is 4.74 Å². The summed E-state index contributed by atoms with van der Waals surface area (Å²) in [5, 5.41) is 7.52. The van der Waals surface area contributed by atoms with Crippen molar-refractivity contribution in [3.8, 4) is 0 Å². The molecule has 1 unspecified atom stereocenters. The van der Waals surface area contributed by atoms with Crippen LogP contribution in [0.25, 0.3) is 17.0 Å². The van der Waals surface area contributed by atoms with Gasteiger partial charge in [0.05, 0.1) is 23.9 Å². The van der Waals surface area contributed by atoms with Crippen molar-refractivity contribution in [3.63, 3.8) is 0 Å². The molecule has 0 saturated carbocycles. The van der Waals surface area contributed by atoms with E-state index < -0.39 is 66.3 Å². The van der Waals surface area contributed by atoms with Crippen LogP contribution in [-0.2, 0) is 28.7 Å². The second-order valence-electron chi connectivity index (χ2n) is 12.0. The van der Waals surface area contributed by atoms with Gasteiger partial charge in [0.15, 0.2) is 6.10 Å². The molecule has 0 spiro atoms. The number of pyridine rings is 1. The number of cyclic esters (lactones) is 1. The average molecular weight is 634 g/mol. The van der Waals surface area contributed by atoms with Crippen LogP contribution in [0, 0.1) is 11.3 Å². The first-order chi connectivity index (χ1) is 21.1. The molecule has 1 aromatic carbocycles. The molecule has 1 fully saturated rings. The topological polar surface area (TPSA) is 139 Å². The molecular formula is C31H38F3N5O6. The lowest BCUT2D eigenvalue weighted by atomic mass is 9.90. The van der Waals surface area contributed by atoms with Gasteiger partial charge in [-0.05, 0) is 57.2 Å². The lowest BCUT2D eigenvalue weighted by molar-refractivity contribution is -0.330. The maximum Gasteiger partial charge on any atom is 0.522 e. The van der Waals surface area contributed by atoms with Crippen LogP contribution in [0.5, 0.6) is 0 Å². The second-order valence-corrected chi connectivity index (χ2v) is 12.0. The molecule has 1 aromatic heterocycles. The minimum Gasteiger partial charge on any atom is -0.451 e. The maximum atomic E-state index is 13.5. The molecule has 3 amide bonds. The van der Waals surface area contributed by atoms with Gasteiger partial charge >= 0.3 is 12.3 Å². The number of amides is 3. The fourth-order valence-corrected chi connectivity index (χ4v) is 5.04. The van der Waals surface area contributed by atoms with Crippen LogP contribution >= 0.6 is 0 Å². The summed E-state index contributed by atoms with van der Waals surface area (Å²) in [5.41, 5.74) is 2.62. The number of carbonyl (C=O) groups is 4. The largest absolute Gasteiger partial charge is 0.522 e. The van der Waals surface area contributed by atoms with E-state index >= 15 is 0 Å². The lowest BCUT2D eigenvalue weighted by Gasteiger charge is -2.35. The van der Waals surface area contributed by atoms with Crippen molar-refractivity contribution in [3.05, 3.63) is 47.7 Å². The van der Waals surface area contributed by atoms with Gasteiger partial charge < -0.3 is 15.4 Å². The molecule has 14 heteroatoms. The Bertz CT molecular complexity index is 1480. The van der Waals surface area contributed by atoms with Gasteiger partial charge in [0, 0.05) is 11.9 Å². The molecule has 2 aliphatic heterocycles. The summed E-state index contributed by atoms with van der Waals surface area (Å²) >= 11 is 0. The quantitative estimate of drug-likeness (QED) is 0.437. The number of esters is 1. The van der Waals surface area contributed by atoms with Crippen molar-refractivity contribution < 1.29 is 41.8 Å². The minimum absolute atomic E-state index is 0.291. The monoisotopic (exact) mass is 633 g/mol. The predicted octanol–water partition coefficient (Wildman–Crippen LogP) is 3.55. The number of nitrogens with zero attached hydrogens (tertiary/aromatic N) is 2. The maximum absolute atomic E-state index is 13.5. The summed E-state index contributed by atoms with van der Waals surface area (Å²) in [6, 6.07) is 6.50. The number of alkyl halides is 3. The Morgan fingerprint density at radius 2 is 1.76 bits per heavy atom. The average Bonchev–Trinajstić information content (AvgIpc) is 2.99. The van der Waals surface area contributed by atoms with E-state index in [0.717, 1.165) is 5.39 Å². The van der Waals surface area contributed by atoms with E-state index in [-0.39, 0.29) is 5.91 Å². The molecule has 11 nitrogen and oxygen atoms in total. The van der Waals surface area contributed by atoms with Crippen molar-refractivity contribution in [1.82, 2.24) is 26.1 Å². The first kappa shape index (κ1) is 33.8. The Balaban J connectivity index is 1.75. The highest BCUT2D eigenvalue weighted by molar-refractivity contribution is 5.91. The Morgan fingerprint density at radius 3 is 2.44 bits per heavy atom. The Morgan fingerprint density at radius 1 is 1.07 bits per heavy atom. The van der Waals surface area contributed by atoms with E-state index in [9.17, 15) is 32.3 Å². The van der Waals surface area contributed by atoms with Crippen molar-refractivity contribution in [2.45, 2.75) is 78.1 Å². The number of hydrazine groups is 1. The van der Waals surface area contributed by atoms with Crippen LogP contribution in [0.15, 0.2) is 36.4 Å². The van der Waals surface area contributed by atoms with Gasteiger partial charge in [-0.15, -0.1) is 13.2 Å². The number of fused-ring (bicyclic) bond motifs is 4. The predicted molar refractivity (Wildman–Crippen MR) is 158 cm³/mol. The van der Waals surface area contributed by atoms with E-state index in [1.54, 1.807) is 45.0 Å². The second kappa shape index (κ2) is 13.5. The van der Waals surface area contributed by atoms with Crippen molar-refractivity contribution >= 4 is 40.7 Å². The number of hydrogen-bond donors (Lipinski definition) is 3. The molecule has 4 rings (SSSR count). The summed E-state index contributed by atoms with van der Waals surface area (Å²) in [6.07, 6.45) is -2.77. The molecule has 2 aliphatic rings. The van der Waals surface area contributed by atoms with E-state index in [1.165, 1.54) is 31.0 Å². The third-order valence-corrected chi connectivity index (χ3v) is 7.78. The first-order valence-electron chi connectivity index (χ1n) is 14.8. The van der Waals surface area contributed by atoms with Gasteiger partial charge in [0.25, 0.3) is 11.8 Å². The first-order valence-corrected chi connectivity index (χ1v) is 14.8. The summed E-state index contributed by atoms with van der Waals surface area (Å²) in [5.74, 6) is -3.37. The van der Waals surface area contributed by atoms with Gasteiger partial charge in [0.1, 0.15) is 17.5 Å². The van der Waals surface area contributed by atoms with Crippen molar-refractivity contribution in [2.75, 3.05) is 13.2 Å². The van der Waals surface area contributed by atoms with E-state index in [2.05, 4.69) is 25.8 Å². The molecule has 0 radical (unpaired) electrons. The number of ether oxygens (including phenoxy) is 2.